The summed E-state index contributed by atoms with van der Waals surface area (Å²) in [6.45, 7) is 1.31. The Labute approximate surface area is 169 Å². The van der Waals surface area contributed by atoms with Gasteiger partial charge in [-0.15, -0.1) is 5.10 Å². The monoisotopic (exact) mass is 411 g/mol. The number of nitro benzene ring substituents is 1. The van der Waals surface area contributed by atoms with Crippen LogP contribution in [0, 0.1) is 10.1 Å². The molecular weight excluding hydrogens is 394 g/mol. The van der Waals surface area contributed by atoms with E-state index in [1.807, 2.05) is 0 Å². The molecule has 1 aromatic heterocycles. The number of fused-ring (bicyclic) bond motifs is 1. The first kappa shape index (κ1) is 20.6. The fraction of sp³-hybridized carbons (Fsp3) is 0.211. The highest BCUT2D eigenvalue weighted by Gasteiger charge is 2.19. The Hall–Kier alpha value is -4.15. The lowest BCUT2D eigenvalue weighted by atomic mass is 10.2. The van der Waals surface area contributed by atoms with Gasteiger partial charge in [-0.25, -0.2) is 4.68 Å². The molecular formula is C19H17N5O6. The minimum absolute atomic E-state index is 0.0608. The van der Waals surface area contributed by atoms with Gasteiger partial charge in [0.15, 0.2) is 6.10 Å². The number of non-ortho nitro benzene ring substituents is 1. The van der Waals surface area contributed by atoms with Crippen LogP contribution in [0.4, 0.5) is 11.4 Å². The van der Waals surface area contributed by atoms with Crippen LogP contribution in [0.15, 0.2) is 53.3 Å². The summed E-state index contributed by atoms with van der Waals surface area (Å²) in [6.07, 6.45) is -1.34. The van der Waals surface area contributed by atoms with Crippen molar-refractivity contribution in [2.24, 2.45) is 0 Å². The fourth-order valence-electron chi connectivity index (χ4n) is 2.62. The third-order valence-electron chi connectivity index (χ3n) is 4.16. The van der Waals surface area contributed by atoms with E-state index in [1.54, 1.807) is 24.3 Å². The van der Waals surface area contributed by atoms with Gasteiger partial charge in [0, 0.05) is 17.8 Å². The number of aromatic nitrogens is 3. The molecule has 2 aromatic carbocycles. The summed E-state index contributed by atoms with van der Waals surface area (Å²) < 4.78 is 6.12. The van der Waals surface area contributed by atoms with Gasteiger partial charge in [0.25, 0.3) is 17.2 Å². The largest absolute Gasteiger partial charge is 0.452 e. The zero-order valence-electron chi connectivity index (χ0n) is 15.8. The van der Waals surface area contributed by atoms with Crippen molar-refractivity contribution in [3.8, 4) is 0 Å². The molecule has 0 aliphatic heterocycles. The summed E-state index contributed by atoms with van der Waals surface area (Å²) in [4.78, 5) is 46.8. The summed E-state index contributed by atoms with van der Waals surface area (Å²) in [5.41, 5.74) is 0.0899. The number of hydrogen-bond donors (Lipinski definition) is 1. The quantitative estimate of drug-likeness (QED) is 0.351. The third-order valence-corrected chi connectivity index (χ3v) is 4.16. The standard InChI is InChI=1S/C19H17N5O6/c1-12(18(26)20-13-5-4-6-14(11-13)24(28)29)30-17(25)9-10-23-19(27)15-7-2-3-8-16(15)21-22-23/h2-8,11-12H,9-10H2,1H3,(H,20,26). The molecule has 0 saturated carbocycles. The van der Waals surface area contributed by atoms with Gasteiger partial charge in [-0.05, 0) is 25.1 Å². The summed E-state index contributed by atoms with van der Waals surface area (Å²) in [6, 6.07) is 12.1. The maximum Gasteiger partial charge on any atom is 0.308 e. The molecule has 1 amide bonds. The van der Waals surface area contributed by atoms with E-state index >= 15 is 0 Å². The van der Waals surface area contributed by atoms with E-state index in [0.29, 0.717) is 10.9 Å². The molecule has 1 heterocycles. The maximum atomic E-state index is 12.3. The topological polar surface area (TPSA) is 146 Å². The molecule has 0 aliphatic carbocycles. The Kier molecular flexibility index (Phi) is 6.11. The molecule has 11 heteroatoms. The molecule has 0 aliphatic rings. The van der Waals surface area contributed by atoms with Crippen molar-refractivity contribution in [3.05, 3.63) is 69.0 Å². The molecule has 1 unspecified atom stereocenters. The number of carbonyl (C=O) groups excluding carboxylic acids is 2. The number of nitro groups is 1. The third kappa shape index (κ3) is 4.82. The lowest BCUT2D eigenvalue weighted by Crippen LogP contribution is -2.31. The van der Waals surface area contributed by atoms with E-state index in [9.17, 15) is 24.5 Å². The molecule has 11 nitrogen and oxygen atoms in total. The van der Waals surface area contributed by atoms with Crippen LogP contribution in [0.25, 0.3) is 10.9 Å². The number of hydrogen-bond acceptors (Lipinski definition) is 8. The molecule has 1 atom stereocenters. The number of rotatable bonds is 7. The van der Waals surface area contributed by atoms with Crippen molar-refractivity contribution in [1.29, 1.82) is 0 Å². The van der Waals surface area contributed by atoms with E-state index in [4.69, 9.17) is 4.74 Å². The van der Waals surface area contributed by atoms with E-state index in [0.717, 1.165) is 4.68 Å². The molecule has 3 rings (SSSR count). The fourth-order valence-corrected chi connectivity index (χ4v) is 2.62. The van der Waals surface area contributed by atoms with Crippen LogP contribution in [0.3, 0.4) is 0 Å². The highest BCUT2D eigenvalue weighted by atomic mass is 16.6. The number of ether oxygens (including phenoxy) is 1. The predicted octanol–water partition coefficient (Wildman–Crippen LogP) is 1.66. The molecule has 0 saturated heterocycles. The predicted molar refractivity (Wildman–Crippen MR) is 106 cm³/mol. The van der Waals surface area contributed by atoms with Crippen LogP contribution in [0.1, 0.15) is 13.3 Å². The van der Waals surface area contributed by atoms with Gasteiger partial charge < -0.3 is 10.1 Å². The lowest BCUT2D eigenvalue weighted by Gasteiger charge is -2.13. The number of aryl methyl sites for hydroxylation is 1. The van der Waals surface area contributed by atoms with Crippen molar-refractivity contribution in [3.63, 3.8) is 0 Å². The van der Waals surface area contributed by atoms with Crippen molar-refractivity contribution in [2.75, 3.05) is 5.32 Å². The zero-order valence-corrected chi connectivity index (χ0v) is 15.8. The first-order valence-corrected chi connectivity index (χ1v) is 8.92. The van der Waals surface area contributed by atoms with Gasteiger partial charge >= 0.3 is 5.97 Å². The smallest absolute Gasteiger partial charge is 0.308 e. The van der Waals surface area contributed by atoms with Gasteiger partial charge in [0.05, 0.1) is 23.3 Å². The van der Waals surface area contributed by atoms with Crippen molar-refractivity contribution in [1.82, 2.24) is 15.0 Å². The van der Waals surface area contributed by atoms with Crippen LogP contribution < -0.4 is 10.9 Å². The second kappa shape index (κ2) is 8.90. The first-order chi connectivity index (χ1) is 14.3. The second-order valence-electron chi connectivity index (χ2n) is 6.31. The average molecular weight is 411 g/mol. The summed E-state index contributed by atoms with van der Waals surface area (Å²) >= 11 is 0. The number of carbonyl (C=O) groups is 2. The number of esters is 1. The minimum atomic E-state index is -1.14. The molecule has 154 valence electrons. The van der Waals surface area contributed by atoms with Crippen LogP contribution in [-0.2, 0) is 20.9 Å². The normalized spacial score (nSPS) is 11.6. The van der Waals surface area contributed by atoms with Crippen LogP contribution in [-0.4, -0.2) is 37.9 Å². The zero-order chi connectivity index (χ0) is 21.7. The minimum Gasteiger partial charge on any atom is -0.452 e. The number of anilines is 1. The Morgan fingerprint density at radius 1 is 1.23 bits per heavy atom. The van der Waals surface area contributed by atoms with E-state index in [1.165, 1.54) is 31.2 Å². The Morgan fingerprint density at radius 2 is 2.00 bits per heavy atom. The second-order valence-corrected chi connectivity index (χ2v) is 6.31. The van der Waals surface area contributed by atoms with Crippen LogP contribution >= 0.6 is 0 Å². The molecule has 0 fully saturated rings. The van der Waals surface area contributed by atoms with Gasteiger partial charge in [0.2, 0.25) is 0 Å². The van der Waals surface area contributed by atoms with E-state index < -0.39 is 22.9 Å². The van der Waals surface area contributed by atoms with Crippen LogP contribution in [0.2, 0.25) is 0 Å². The SMILES string of the molecule is CC(OC(=O)CCn1nnc2ccccc2c1=O)C(=O)Nc1cccc([N+](=O)[O-])c1. The summed E-state index contributed by atoms with van der Waals surface area (Å²) in [7, 11) is 0. The van der Waals surface area contributed by atoms with Gasteiger partial charge in [0.1, 0.15) is 5.52 Å². The summed E-state index contributed by atoms with van der Waals surface area (Å²) in [5.74, 6) is -1.36. The number of amides is 1. The molecule has 30 heavy (non-hydrogen) atoms. The highest BCUT2D eigenvalue weighted by Crippen LogP contribution is 2.17. The van der Waals surface area contributed by atoms with Crippen molar-refractivity contribution >= 4 is 34.2 Å². The number of nitrogens with zero attached hydrogens (tertiary/aromatic N) is 4. The van der Waals surface area contributed by atoms with E-state index in [2.05, 4.69) is 15.6 Å². The van der Waals surface area contributed by atoms with Crippen LogP contribution in [0.5, 0.6) is 0 Å². The molecule has 0 bridgehead atoms. The lowest BCUT2D eigenvalue weighted by molar-refractivity contribution is -0.384. The highest BCUT2D eigenvalue weighted by molar-refractivity contribution is 5.95. The molecule has 3 aromatic rings. The Morgan fingerprint density at radius 3 is 2.77 bits per heavy atom. The van der Waals surface area contributed by atoms with Gasteiger partial charge in [-0.1, -0.05) is 23.4 Å². The average Bonchev–Trinajstić information content (AvgIpc) is 2.73. The molecule has 0 spiro atoms. The van der Waals surface area contributed by atoms with Crippen molar-refractivity contribution in [2.45, 2.75) is 26.0 Å². The first-order valence-electron chi connectivity index (χ1n) is 8.92. The molecule has 0 radical (unpaired) electrons. The van der Waals surface area contributed by atoms with E-state index in [-0.39, 0.29) is 29.9 Å². The maximum absolute atomic E-state index is 12.3. The Balaban J connectivity index is 1.56. The Bertz CT molecular complexity index is 1180. The number of benzene rings is 2. The van der Waals surface area contributed by atoms with Gasteiger partial charge in [-0.3, -0.25) is 24.5 Å². The molecule has 1 N–H and O–H groups in total. The van der Waals surface area contributed by atoms with Crippen molar-refractivity contribution < 1.29 is 19.2 Å². The van der Waals surface area contributed by atoms with Gasteiger partial charge in [-0.2, -0.15) is 0 Å². The number of nitrogens with one attached hydrogen (secondary N) is 1. The summed E-state index contributed by atoms with van der Waals surface area (Å²) in [5, 5.41) is 21.3.